The van der Waals surface area contributed by atoms with Crippen LogP contribution in [0.5, 0.6) is 0 Å². The minimum Gasteiger partial charge on any atom is -0.324 e. The maximum Gasteiger partial charge on any atom is 0.164 e. The Hall–Kier alpha value is -3.34. The second-order valence-corrected chi connectivity index (χ2v) is 6.80. The molecule has 134 valence electrons. The van der Waals surface area contributed by atoms with Crippen LogP contribution in [0.1, 0.15) is 33.6 Å². The Kier molecular flexibility index (Phi) is 4.28. The number of amidine groups is 2. The molecule has 2 aromatic heterocycles. The molecule has 0 aliphatic carbocycles. The molecule has 3 heterocycles. The molecule has 0 spiro atoms. The number of rotatable bonds is 2. The van der Waals surface area contributed by atoms with Gasteiger partial charge in [0.25, 0.3) is 0 Å². The number of pyridine rings is 2. The molecular weight excluding hydrogens is 334 g/mol. The summed E-state index contributed by atoms with van der Waals surface area (Å²) in [4.78, 5) is 18.5. The van der Waals surface area contributed by atoms with Crippen molar-refractivity contribution in [3.63, 3.8) is 0 Å². The summed E-state index contributed by atoms with van der Waals surface area (Å²) in [5.74, 6) is 2.86. The smallest absolute Gasteiger partial charge is 0.164 e. The number of anilines is 1. The van der Waals surface area contributed by atoms with E-state index in [4.69, 9.17) is 9.98 Å². The van der Waals surface area contributed by atoms with Crippen molar-refractivity contribution in [2.24, 2.45) is 9.98 Å². The van der Waals surface area contributed by atoms with E-state index in [-0.39, 0.29) is 0 Å². The van der Waals surface area contributed by atoms with E-state index in [1.54, 1.807) is 0 Å². The molecular formula is C22H21N5. The number of aryl methyl sites for hydroxylation is 4. The zero-order valence-electron chi connectivity index (χ0n) is 15.9. The van der Waals surface area contributed by atoms with Gasteiger partial charge in [0, 0.05) is 22.5 Å². The van der Waals surface area contributed by atoms with Gasteiger partial charge in [0.05, 0.1) is 0 Å². The normalized spacial score (nSPS) is 14.2. The molecule has 4 rings (SSSR count). The predicted molar refractivity (Wildman–Crippen MR) is 110 cm³/mol. The van der Waals surface area contributed by atoms with E-state index in [1.807, 2.05) is 50.2 Å². The number of hydrogen-bond acceptors (Lipinski definition) is 4. The number of hydrogen-bond donors (Lipinski definition) is 1. The summed E-state index contributed by atoms with van der Waals surface area (Å²) in [5.41, 5.74) is 6.36. The van der Waals surface area contributed by atoms with E-state index in [0.29, 0.717) is 11.7 Å². The van der Waals surface area contributed by atoms with E-state index < -0.39 is 0 Å². The Balaban J connectivity index is 1.80. The molecule has 0 bridgehead atoms. The molecule has 0 saturated heterocycles. The average Bonchev–Trinajstić information content (AvgIpc) is 2.92. The van der Waals surface area contributed by atoms with Crippen LogP contribution in [0.4, 0.5) is 11.6 Å². The van der Waals surface area contributed by atoms with E-state index >= 15 is 0 Å². The van der Waals surface area contributed by atoms with Gasteiger partial charge in [0.1, 0.15) is 11.7 Å². The Bertz CT molecular complexity index is 1100. The fourth-order valence-electron chi connectivity index (χ4n) is 3.04. The zero-order valence-corrected chi connectivity index (χ0v) is 15.9. The van der Waals surface area contributed by atoms with Crippen molar-refractivity contribution in [2.75, 3.05) is 5.32 Å². The number of aliphatic imine (C=N–C) groups is 2. The molecule has 5 heteroatoms. The highest BCUT2D eigenvalue weighted by atomic mass is 15.1. The van der Waals surface area contributed by atoms with Crippen LogP contribution in [0.15, 0.2) is 58.5 Å². The number of aromatic nitrogens is 2. The third-order valence-corrected chi connectivity index (χ3v) is 4.58. The Morgan fingerprint density at radius 3 is 2.15 bits per heavy atom. The Labute approximate surface area is 159 Å². The van der Waals surface area contributed by atoms with Crippen LogP contribution in [0.2, 0.25) is 0 Å². The highest BCUT2D eigenvalue weighted by Crippen LogP contribution is 2.26. The van der Waals surface area contributed by atoms with Crippen molar-refractivity contribution in [2.45, 2.75) is 27.7 Å². The maximum atomic E-state index is 4.76. The molecule has 0 saturated carbocycles. The first-order valence-electron chi connectivity index (χ1n) is 8.93. The van der Waals surface area contributed by atoms with Gasteiger partial charge in [0.2, 0.25) is 0 Å². The van der Waals surface area contributed by atoms with Crippen molar-refractivity contribution >= 4 is 23.3 Å². The van der Waals surface area contributed by atoms with Gasteiger partial charge in [-0.3, -0.25) is 0 Å². The minimum absolute atomic E-state index is 0.660. The van der Waals surface area contributed by atoms with Gasteiger partial charge in [-0.1, -0.05) is 12.1 Å². The number of fused-ring (bicyclic) bond motifs is 1. The summed E-state index contributed by atoms with van der Waals surface area (Å²) in [7, 11) is 0. The summed E-state index contributed by atoms with van der Waals surface area (Å²) in [6.07, 6.45) is 0. The maximum absolute atomic E-state index is 4.76. The van der Waals surface area contributed by atoms with E-state index in [0.717, 1.165) is 34.2 Å². The van der Waals surface area contributed by atoms with Crippen LogP contribution in [0, 0.1) is 27.7 Å². The third kappa shape index (κ3) is 3.49. The average molecular weight is 355 g/mol. The van der Waals surface area contributed by atoms with Crippen LogP contribution >= 0.6 is 0 Å². The second kappa shape index (κ2) is 6.76. The molecule has 1 aliphatic heterocycles. The van der Waals surface area contributed by atoms with Gasteiger partial charge in [-0.25, -0.2) is 20.0 Å². The predicted octanol–water partition coefficient (Wildman–Crippen LogP) is 4.66. The van der Waals surface area contributed by atoms with Crippen LogP contribution in [0.25, 0.3) is 0 Å². The lowest BCUT2D eigenvalue weighted by Gasteiger charge is -2.09. The van der Waals surface area contributed by atoms with Crippen LogP contribution < -0.4 is 5.32 Å². The quantitative estimate of drug-likeness (QED) is 0.727. The van der Waals surface area contributed by atoms with Crippen LogP contribution in [-0.2, 0) is 0 Å². The molecule has 3 aromatic rings. The van der Waals surface area contributed by atoms with Crippen molar-refractivity contribution in [1.29, 1.82) is 0 Å². The van der Waals surface area contributed by atoms with Gasteiger partial charge in [0.15, 0.2) is 11.7 Å². The molecule has 27 heavy (non-hydrogen) atoms. The van der Waals surface area contributed by atoms with Crippen LogP contribution in [-0.4, -0.2) is 21.6 Å². The minimum atomic E-state index is 0.660. The SMILES string of the molecule is Cc1cccc(/N=C2/N=C(Nc3cccc(C)n3)c3cc(C)c(C)cc32)n1. The highest BCUT2D eigenvalue weighted by Gasteiger charge is 2.23. The highest BCUT2D eigenvalue weighted by molar-refractivity contribution is 6.26. The fourth-order valence-corrected chi connectivity index (χ4v) is 3.04. The fraction of sp³-hybridized carbons (Fsp3) is 0.182. The van der Waals surface area contributed by atoms with Crippen molar-refractivity contribution in [3.8, 4) is 0 Å². The number of nitrogens with one attached hydrogen (secondary N) is 1. The van der Waals surface area contributed by atoms with Crippen molar-refractivity contribution < 1.29 is 0 Å². The molecule has 0 fully saturated rings. The monoisotopic (exact) mass is 355 g/mol. The summed E-state index contributed by atoms with van der Waals surface area (Å²) in [6, 6.07) is 16.0. The first kappa shape index (κ1) is 17.1. The van der Waals surface area contributed by atoms with E-state index in [2.05, 4.69) is 41.3 Å². The zero-order chi connectivity index (χ0) is 19.0. The summed E-state index contributed by atoms with van der Waals surface area (Å²) in [6.45, 7) is 8.14. The Morgan fingerprint density at radius 2 is 1.44 bits per heavy atom. The third-order valence-electron chi connectivity index (χ3n) is 4.58. The van der Waals surface area contributed by atoms with Gasteiger partial charge in [-0.05, 0) is 75.2 Å². The lowest BCUT2D eigenvalue weighted by atomic mass is 10.0. The second-order valence-electron chi connectivity index (χ2n) is 6.80. The molecule has 0 atom stereocenters. The van der Waals surface area contributed by atoms with Gasteiger partial charge >= 0.3 is 0 Å². The largest absolute Gasteiger partial charge is 0.324 e. The Morgan fingerprint density at radius 1 is 0.778 bits per heavy atom. The molecule has 1 N–H and O–H groups in total. The van der Waals surface area contributed by atoms with Gasteiger partial charge in [-0.15, -0.1) is 0 Å². The number of nitrogens with zero attached hydrogens (tertiary/aromatic N) is 4. The molecule has 5 nitrogen and oxygen atoms in total. The first-order chi connectivity index (χ1) is 13.0. The summed E-state index contributed by atoms with van der Waals surface area (Å²) >= 11 is 0. The van der Waals surface area contributed by atoms with E-state index in [9.17, 15) is 0 Å². The van der Waals surface area contributed by atoms with Crippen molar-refractivity contribution in [3.05, 3.63) is 82.2 Å². The number of benzene rings is 1. The standard InChI is InChI=1S/C22H21N5/c1-13-11-17-18(12-14(13)2)22(26-20-10-6-8-16(4)24-20)27-21(17)25-19-9-5-7-15(3)23-19/h5-12H,1-4H3,(H,23,24,25,26,27). The molecule has 1 aromatic carbocycles. The topological polar surface area (TPSA) is 62.5 Å². The van der Waals surface area contributed by atoms with Crippen LogP contribution in [0.3, 0.4) is 0 Å². The van der Waals surface area contributed by atoms with Crippen molar-refractivity contribution in [1.82, 2.24) is 9.97 Å². The van der Waals surface area contributed by atoms with Gasteiger partial charge in [-0.2, -0.15) is 0 Å². The van der Waals surface area contributed by atoms with Gasteiger partial charge < -0.3 is 5.32 Å². The molecule has 0 radical (unpaired) electrons. The summed E-state index contributed by atoms with van der Waals surface area (Å²) in [5, 5.41) is 3.35. The lowest BCUT2D eigenvalue weighted by molar-refractivity contribution is 1.17. The molecule has 0 amide bonds. The molecule has 0 unspecified atom stereocenters. The van der Waals surface area contributed by atoms with E-state index in [1.165, 1.54) is 11.1 Å². The lowest BCUT2D eigenvalue weighted by Crippen LogP contribution is -2.13. The first-order valence-corrected chi connectivity index (χ1v) is 8.93. The summed E-state index contributed by atoms with van der Waals surface area (Å²) < 4.78 is 0. The molecule has 1 aliphatic rings.